The minimum absolute atomic E-state index is 0.0138. The van der Waals surface area contributed by atoms with Crippen molar-refractivity contribution in [2.24, 2.45) is 5.92 Å². The Labute approximate surface area is 248 Å². The second-order valence-electron chi connectivity index (χ2n) is 11.5. The highest BCUT2D eigenvalue weighted by molar-refractivity contribution is 5.81. The monoisotopic (exact) mass is 585 g/mol. The highest BCUT2D eigenvalue weighted by Gasteiger charge is 2.41. The third-order valence-corrected chi connectivity index (χ3v) is 8.90. The number of aliphatic hydroxyl groups is 1. The van der Waals surface area contributed by atoms with E-state index in [9.17, 15) is 24.6 Å². The molecule has 2 aliphatic heterocycles. The largest absolute Gasteiger partial charge is 0.497 e. The molecule has 0 aliphatic carbocycles. The molecule has 2 amide bonds. The average molecular weight is 586 g/mol. The summed E-state index contributed by atoms with van der Waals surface area (Å²) in [5, 5.41) is 21.5. The molecule has 0 unspecified atom stereocenters. The quantitative estimate of drug-likeness (QED) is 0.355. The maximum atomic E-state index is 13.7. The summed E-state index contributed by atoms with van der Waals surface area (Å²) in [4.78, 5) is 46.5. The van der Waals surface area contributed by atoms with Crippen LogP contribution in [-0.2, 0) is 11.3 Å². The minimum atomic E-state index is -1.17. The van der Waals surface area contributed by atoms with Gasteiger partial charge in [0, 0.05) is 50.3 Å². The maximum absolute atomic E-state index is 13.7. The Kier molecular flexibility index (Phi) is 7.66. The van der Waals surface area contributed by atoms with Gasteiger partial charge in [-0.2, -0.15) is 0 Å². The van der Waals surface area contributed by atoms with Crippen LogP contribution < -0.4 is 10.3 Å². The Hall–Kier alpha value is -4.64. The summed E-state index contributed by atoms with van der Waals surface area (Å²) >= 11 is 0. The van der Waals surface area contributed by atoms with Gasteiger partial charge < -0.3 is 29.3 Å². The Morgan fingerprint density at radius 2 is 1.79 bits per heavy atom. The molecule has 2 atom stereocenters. The fraction of sp³-hybridized carbons (Fsp3) is 0.375. The molecule has 4 aromatic rings. The first kappa shape index (κ1) is 28.5. The van der Waals surface area contributed by atoms with Crippen LogP contribution >= 0.6 is 0 Å². The summed E-state index contributed by atoms with van der Waals surface area (Å²) in [5.74, 6) is 0.105. The van der Waals surface area contributed by atoms with E-state index in [-0.39, 0.29) is 36.4 Å². The number of hydrogen-bond acceptors (Lipinski definition) is 6. The highest BCUT2D eigenvalue weighted by Crippen LogP contribution is 2.35. The van der Waals surface area contributed by atoms with Crippen molar-refractivity contribution in [2.45, 2.75) is 37.3 Å². The molecule has 0 saturated carbocycles. The summed E-state index contributed by atoms with van der Waals surface area (Å²) in [6.45, 7) is 1.36. The molecule has 0 radical (unpaired) electrons. The average Bonchev–Trinajstić information content (AvgIpc) is 3.47. The van der Waals surface area contributed by atoms with E-state index in [0.717, 1.165) is 11.3 Å². The lowest BCUT2D eigenvalue weighted by molar-refractivity contribution is -0.142. The van der Waals surface area contributed by atoms with E-state index in [1.807, 2.05) is 59.2 Å². The van der Waals surface area contributed by atoms with Gasteiger partial charge in [0.05, 0.1) is 30.3 Å². The third-order valence-electron chi connectivity index (χ3n) is 8.90. The van der Waals surface area contributed by atoms with Gasteiger partial charge in [-0.3, -0.25) is 14.2 Å². The van der Waals surface area contributed by atoms with Crippen LogP contribution in [0.3, 0.4) is 0 Å². The van der Waals surface area contributed by atoms with Gasteiger partial charge in [0.1, 0.15) is 12.1 Å². The van der Waals surface area contributed by atoms with Crippen molar-refractivity contribution < 1.29 is 24.5 Å². The van der Waals surface area contributed by atoms with Gasteiger partial charge in [0.25, 0.3) is 5.56 Å². The van der Waals surface area contributed by atoms with Gasteiger partial charge in [0.15, 0.2) is 5.65 Å². The summed E-state index contributed by atoms with van der Waals surface area (Å²) in [6.07, 6.45) is 3.37. The van der Waals surface area contributed by atoms with Crippen LogP contribution in [0.5, 0.6) is 5.75 Å². The Balaban J connectivity index is 1.15. The second-order valence-corrected chi connectivity index (χ2v) is 11.5. The number of carbonyl (C=O) groups is 2. The zero-order valence-corrected chi connectivity index (χ0v) is 24.0. The summed E-state index contributed by atoms with van der Waals surface area (Å²) in [7, 11) is 1.60. The zero-order valence-electron chi connectivity index (χ0n) is 24.0. The number of hydrogen-bond donors (Lipinski definition) is 2. The van der Waals surface area contributed by atoms with Crippen LogP contribution in [0.25, 0.3) is 16.7 Å². The first-order chi connectivity index (χ1) is 20.8. The molecule has 2 N–H and O–H groups in total. The van der Waals surface area contributed by atoms with Crippen molar-refractivity contribution in [3.8, 4) is 11.4 Å². The predicted octanol–water partition coefficient (Wildman–Crippen LogP) is 3.33. The Bertz CT molecular complexity index is 1690. The minimum Gasteiger partial charge on any atom is -0.497 e. The van der Waals surface area contributed by atoms with Crippen LogP contribution in [0.1, 0.15) is 30.7 Å². The van der Waals surface area contributed by atoms with E-state index in [0.29, 0.717) is 55.7 Å². The molecule has 0 spiro atoms. The van der Waals surface area contributed by atoms with Crippen molar-refractivity contribution in [1.82, 2.24) is 23.9 Å². The number of piperidine rings is 2. The van der Waals surface area contributed by atoms with E-state index in [1.54, 1.807) is 24.3 Å². The number of amides is 2. The van der Waals surface area contributed by atoms with Crippen molar-refractivity contribution in [1.29, 1.82) is 0 Å². The van der Waals surface area contributed by atoms with Crippen LogP contribution in [0.4, 0.5) is 4.79 Å². The molecule has 6 rings (SSSR count). The number of aromatic nitrogens is 3. The third kappa shape index (κ3) is 5.60. The predicted molar refractivity (Wildman–Crippen MR) is 160 cm³/mol. The van der Waals surface area contributed by atoms with E-state index in [2.05, 4.69) is 4.98 Å². The first-order valence-electron chi connectivity index (χ1n) is 14.5. The molecule has 11 heteroatoms. The maximum Gasteiger partial charge on any atom is 0.407 e. The molecule has 43 heavy (non-hydrogen) atoms. The number of likely N-dealkylation sites (tertiary alicyclic amines) is 2. The van der Waals surface area contributed by atoms with Gasteiger partial charge in [-0.15, -0.1) is 0 Å². The number of fused-ring (bicyclic) bond motifs is 1. The summed E-state index contributed by atoms with van der Waals surface area (Å²) < 4.78 is 8.60. The molecular formula is C32H35N5O6. The molecule has 4 heterocycles. The van der Waals surface area contributed by atoms with Gasteiger partial charge in [-0.25, -0.2) is 9.78 Å². The Morgan fingerprint density at radius 1 is 1.02 bits per heavy atom. The van der Waals surface area contributed by atoms with Crippen molar-refractivity contribution in [3.05, 3.63) is 89.1 Å². The topological polar surface area (TPSA) is 130 Å². The molecule has 11 nitrogen and oxygen atoms in total. The van der Waals surface area contributed by atoms with Gasteiger partial charge >= 0.3 is 6.09 Å². The molecule has 2 aliphatic rings. The molecule has 224 valence electrons. The van der Waals surface area contributed by atoms with E-state index in [4.69, 9.17) is 4.74 Å². The van der Waals surface area contributed by atoms with Crippen molar-refractivity contribution >= 4 is 23.0 Å². The fourth-order valence-electron chi connectivity index (χ4n) is 6.45. The van der Waals surface area contributed by atoms with Crippen molar-refractivity contribution in [3.63, 3.8) is 0 Å². The number of carbonyl (C=O) groups excluding carboxylic acids is 1. The fourth-order valence-corrected chi connectivity index (χ4v) is 6.45. The number of ether oxygens (including phenoxy) is 1. The van der Waals surface area contributed by atoms with E-state index in [1.165, 1.54) is 15.8 Å². The number of nitrogens with zero attached hydrogens (tertiary/aromatic N) is 5. The molecule has 2 aromatic heterocycles. The van der Waals surface area contributed by atoms with Gasteiger partial charge in [-0.1, -0.05) is 36.4 Å². The van der Waals surface area contributed by atoms with Gasteiger partial charge in [-0.05, 0) is 43.0 Å². The Morgan fingerprint density at radius 3 is 2.51 bits per heavy atom. The first-order valence-corrected chi connectivity index (χ1v) is 14.5. The number of carboxylic acid groups (broad SMARTS) is 1. The standard InChI is InChI=1S/C32H35N5O6/c1-43-24-9-5-8-23(18-24)37-15-11-26-28(37)33-21-36(30(26)39)20-32(42)12-16-34(17-13-32)29(38)25-10-14-35(31(40)41)19-27(25)22-6-3-2-4-7-22/h2-9,11,15,18,21,25,27,42H,10,12-14,16-17,19-20H2,1H3,(H,40,41)/t25-,27+/m1/s1. The molecular weight excluding hydrogens is 550 g/mol. The van der Waals surface area contributed by atoms with Crippen LogP contribution in [0, 0.1) is 5.92 Å². The summed E-state index contributed by atoms with van der Waals surface area (Å²) in [6, 6.07) is 18.8. The molecule has 2 saturated heterocycles. The SMILES string of the molecule is COc1cccc(-n2ccc3c(=O)n(CC4(O)CCN(C(=O)[C@@H]5CCN(C(=O)O)C[C@H]5c5ccccc5)CC4)cnc32)c1. The van der Waals surface area contributed by atoms with E-state index >= 15 is 0 Å². The van der Waals surface area contributed by atoms with Gasteiger partial charge in [0.2, 0.25) is 5.91 Å². The lowest BCUT2D eigenvalue weighted by atomic mass is 9.79. The van der Waals surface area contributed by atoms with E-state index < -0.39 is 11.7 Å². The van der Waals surface area contributed by atoms with Crippen LogP contribution in [0.15, 0.2) is 78.0 Å². The van der Waals surface area contributed by atoms with Crippen molar-refractivity contribution in [2.75, 3.05) is 33.3 Å². The number of rotatable bonds is 6. The number of methoxy groups -OCH3 is 1. The lowest BCUT2D eigenvalue weighted by Gasteiger charge is -2.42. The molecule has 0 bridgehead atoms. The second kappa shape index (κ2) is 11.6. The lowest BCUT2D eigenvalue weighted by Crippen LogP contribution is -2.53. The normalized spacial score (nSPS) is 20.2. The smallest absolute Gasteiger partial charge is 0.407 e. The number of benzene rings is 2. The molecule has 2 aromatic carbocycles. The van der Waals surface area contributed by atoms with Crippen LogP contribution in [-0.4, -0.2) is 85.0 Å². The molecule has 2 fully saturated rings. The zero-order chi connectivity index (χ0) is 30.1. The van der Waals surface area contributed by atoms with Crippen LogP contribution in [0.2, 0.25) is 0 Å². The summed E-state index contributed by atoms with van der Waals surface area (Å²) in [5.41, 5.74) is 0.871. The highest BCUT2D eigenvalue weighted by atomic mass is 16.5.